The molecule has 2 heterocycles. The number of aliphatic carboxylic acids is 1. The van der Waals surface area contributed by atoms with Crippen LogP contribution in [0.3, 0.4) is 0 Å². The normalized spacial score (nSPS) is 13.5. The molecule has 2 aromatic carbocycles. The molecule has 0 aliphatic rings. The smallest absolute Gasteiger partial charge is 0.326 e. The van der Waals surface area contributed by atoms with Crippen molar-refractivity contribution in [2.45, 2.75) is 56.3 Å². The molecule has 254 valence electrons. The number of carboxylic acid groups (broad SMARTS) is 1. The van der Waals surface area contributed by atoms with E-state index in [1.807, 2.05) is 24.3 Å². The van der Waals surface area contributed by atoms with Crippen LogP contribution in [0.2, 0.25) is 0 Å². The third kappa shape index (κ3) is 10.1. The Balaban J connectivity index is 1.52. The highest BCUT2D eigenvalue weighted by atomic mass is 16.4. The van der Waals surface area contributed by atoms with E-state index in [9.17, 15) is 29.4 Å². The van der Waals surface area contributed by atoms with Gasteiger partial charge in [0.25, 0.3) is 0 Å². The summed E-state index contributed by atoms with van der Waals surface area (Å²) in [6, 6.07) is 8.70. The maximum Gasteiger partial charge on any atom is 0.326 e. The van der Waals surface area contributed by atoms with Gasteiger partial charge < -0.3 is 53.3 Å². The fourth-order valence-corrected chi connectivity index (χ4v) is 5.10. The summed E-state index contributed by atoms with van der Waals surface area (Å²) >= 11 is 0. The number of aromatic nitrogens is 3. The van der Waals surface area contributed by atoms with Gasteiger partial charge in [0.1, 0.15) is 23.9 Å². The standard InChI is InChI=1S/C32H40N10O6/c33-23(5-3-11-37-32(34)35)28(44)40-25(12-18-7-9-21(43)10-8-18)29(45)41-26(14-20-16-36-17-39-20)30(46)42-27(31(47)48)13-19-15-38-24-6-2-1-4-22(19)24/h1-2,4,6-10,15-17,23,25-27,38,43H,3,5,11-14,33H2,(H,36,39)(H,40,44)(H,41,45)(H,42,46)(H,47,48)(H4,34,35,37). The van der Waals surface area contributed by atoms with Gasteiger partial charge in [-0.2, -0.15) is 0 Å². The zero-order valence-corrected chi connectivity index (χ0v) is 26.1. The van der Waals surface area contributed by atoms with E-state index in [2.05, 4.69) is 35.9 Å². The molecule has 4 rings (SSSR count). The molecule has 0 saturated carbocycles. The Morgan fingerprint density at radius 1 is 0.854 bits per heavy atom. The predicted molar refractivity (Wildman–Crippen MR) is 177 cm³/mol. The van der Waals surface area contributed by atoms with Crippen LogP contribution in [0, 0.1) is 0 Å². The number of aliphatic imine (C=N–C) groups is 1. The summed E-state index contributed by atoms with van der Waals surface area (Å²) in [6.07, 6.45) is 5.15. The highest BCUT2D eigenvalue weighted by Crippen LogP contribution is 2.19. The van der Waals surface area contributed by atoms with E-state index in [1.165, 1.54) is 24.7 Å². The fourth-order valence-electron chi connectivity index (χ4n) is 5.10. The molecular formula is C32H40N10O6. The molecule has 16 heteroatoms. The number of phenolic OH excluding ortho intramolecular Hbond substituents is 1. The number of guanidine groups is 1. The summed E-state index contributed by atoms with van der Waals surface area (Å²) in [5.41, 5.74) is 19.4. The lowest BCUT2D eigenvalue weighted by Gasteiger charge is -2.25. The Labute approximate surface area is 275 Å². The lowest BCUT2D eigenvalue weighted by molar-refractivity contribution is -0.142. The van der Waals surface area contributed by atoms with E-state index in [0.29, 0.717) is 23.2 Å². The summed E-state index contributed by atoms with van der Waals surface area (Å²) in [6.45, 7) is 0.267. The van der Waals surface area contributed by atoms with Crippen LogP contribution in [0.5, 0.6) is 5.75 Å². The number of aromatic amines is 2. The number of carbonyl (C=O) groups excluding carboxylic acids is 3. The van der Waals surface area contributed by atoms with E-state index in [1.54, 1.807) is 18.3 Å². The average molecular weight is 661 g/mol. The highest BCUT2D eigenvalue weighted by molar-refractivity contribution is 5.94. The number of hydrogen-bond donors (Lipinski definition) is 10. The predicted octanol–water partition coefficient (Wildman–Crippen LogP) is -0.456. The summed E-state index contributed by atoms with van der Waals surface area (Å²) in [4.78, 5) is 66.6. The second-order valence-electron chi connectivity index (χ2n) is 11.3. The maximum absolute atomic E-state index is 13.8. The van der Waals surface area contributed by atoms with Crippen molar-refractivity contribution in [3.63, 3.8) is 0 Å². The minimum atomic E-state index is -1.32. The van der Waals surface area contributed by atoms with Gasteiger partial charge in [-0.3, -0.25) is 19.4 Å². The van der Waals surface area contributed by atoms with Crippen molar-refractivity contribution in [2.24, 2.45) is 22.2 Å². The molecule has 0 radical (unpaired) electrons. The van der Waals surface area contributed by atoms with Crippen LogP contribution >= 0.6 is 0 Å². The maximum atomic E-state index is 13.8. The molecule has 48 heavy (non-hydrogen) atoms. The zero-order chi connectivity index (χ0) is 34.6. The Bertz CT molecular complexity index is 1720. The molecule has 0 bridgehead atoms. The van der Waals surface area contributed by atoms with Gasteiger partial charge in [-0.25, -0.2) is 9.78 Å². The molecule has 16 nitrogen and oxygen atoms in total. The van der Waals surface area contributed by atoms with Crippen LogP contribution in [-0.2, 0) is 38.4 Å². The van der Waals surface area contributed by atoms with Gasteiger partial charge >= 0.3 is 5.97 Å². The number of aromatic hydroxyl groups is 1. The van der Waals surface area contributed by atoms with Crippen LogP contribution in [0.4, 0.5) is 0 Å². The minimum Gasteiger partial charge on any atom is -0.508 e. The second-order valence-corrected chi connectivity index (χ2v) is 11.3. The van der Waals surface area contributed by atoms with Gasteiger partial charge in [0, 0.05) is 54.8 Å². The van der Waals surface area contributed by atoms with Gasteiger partial charge in [0.05, 0.1) is 12.4 Å². The lowest BCUT2D eigenvalue weighted by Crippen LogP contribution is -2.58. The molecule has 0 fully saturated rings. The fraction of sp³-hybridized carbons (Fsp3) is 0.312. The first-order valence-corrected chi connectivity index (χ1v) is 15.2. The number of carbonyl (C=O) groups is 4. The Hall–Kier alpha value is -5.90. The molecule has 0 saturated heterocycles. The first-order valence-electron chi connectivity index (χ1n) is 15.2. The average Bonchev–Trinajstić information content (AvgIpc) is 3.73. The number of H-pyrrole nitrogens is 2. The molecule has 3 amide bonds. The van der Waals surface area contributed by atoms with Gasteiger partial charge in [0.2, 0.25) is 17.7 Å². The summed E-state index contributed by atoms with van der Waals surface area (Å²) in [5.74, 6) is -3.41. The number of amides is 3. The van der Waals surface area contributed by atoms with E-state index in [-0.39, 0.29) is 43.9 Å². The summed E-state index contributed by atoms with van der Waals surface area (Å²) < 4.78 is 0. The summed E-state index contributed by atoms with van der Waals surface area (Å²) in [5, 5.41) is 28.5. The number of nitrogens with two attached hydrogens (primary N) is 3. The number of rotatable bonds is 17. The number of phenols is 1. The Morgan fingerprint density at radius 2 is 1.52 bits per heavy atom. The third-order valence-electron chi connectivity index (χ3n) is 7.64. The molecule has 2 aromatic heterocycles. The minimum absolute atomic E-state index is 0.00468. The van der Waals surface area contributed by atoms with Crippen molar-refractivity contribution in [1.82, 2.24) is 30.9 Å². The lowest BCUT2D eigenvalue weighted by atomic mass is 10.0. The van der Waals surface area contributed by atoms with E-state index < -0.39 is 47.9 Å². The van der Waals surface area contributed by atoms with Gasteiger partial charge in [-0.05, 0) is 42.2 Å². The second kappa shape index (κ2) is 16.6. The molecule has 0 spiro atoms. The first kappa shape index (κ1) is 35.0. The van der Waals surface area contributed by atoms with Crippen molar-refractivity contribution in [2.75, 3.05) is 6.54 Å². The molecule has 4 unspecified atom stereocenters. The van der Waals surface area contributed by atoms with Crippen molar-refractivity contribution < 1.29 is 29.4 Å². The SMILES string of the molecule is NC(N)=NCCCC(N)C(=O)NC(Cc1ccc(O)cc1)C(=O)NC(Cc1cnc[nH]1)C(=O)NC(Cc1c[nH]c2ccccc12)C(=O)O. The van der Waals surface area contributed by atoms with Crippen LogP contribution in [0.25, 0.3) is 10.9 Å². The molecule has 0 aliphatic heterocycles. The Morgan fingerprint density at radius 3 is 2.19 bits per heavy atom. The zero-order valence-electron chi connectivity index (χ0n) is 26.1. The quantitative estimate of drug-likeness (QED) is 0.0395. The van der Waals surface area contributed by atoms with Crippen molar-refractivity contribution in [1.29, 1.82) is 0 Å². The van der Waals surface area contributed by atoms with E-state index in [0.717, 1.165) is 10.9 Å². The molecule has 4 atom stereocenters. The van der Waals surface area contributed by atoms with Crippen molar-refractivity contribution in [3.8, 4) is 5.75 Å². The van der Waals surface area contributed by atoms with E-state index in [4.69, 9.17) is 17.2 Å². The molecule has 0 aliphatic carbocycles. The van der Waals surface area contributed by atoms with Crippen molar-refractivity contribution >= 4 is 40.6 Å². The van der Waals surface area contributed by atoms with Gasteiger partial charge in [-0.1, -0.05) is 30.3 Å². The molecule has 13 N–H and O–H groups in total. The van der Waals surface area contributed by atoms with E-state index >= 15 is 0 Å². The Kier molecular flexibility index (Phi) is 12.1. The van der Waals surface area contributed by atoms with Crippen LogP contribution in [0.1, 0.15) is 29.7 Å². The molecular weight excluding hydrogens is 620 g/mol. The molecule has 4 aromatic rings. The number of fused-ring (bicyclic) bond motifs is 1. The number of para-hydroxylation sites is 1. The van der Waals surface area contributed by atoms with Crippen LogP contribution in [0.15, 0.2) is 72.2 Å². The topological polar surface area (TPSA) is 280 Å². The van der Waals surface area contributed by atoms with Crippen LogP contribution in [-0.4, -0.2) is 85.5 Å². The number of benzene rings is 2. The number of carboxylic acids is 1. The monoisotopic (exact) mass is 660 g/mol. The third-order valence-corrected chi connectivity index (χ3v) is 7.64. The van der Waals surface area contributed by atoms with Crippen LogP contribution < -0.4 is 33.2 Å². The summed E-state index contributed by atoms with van der Waals surface area (Å²) in [7, 11) is 0. The highest BCUT2D eigenvalue weighted by Gasteiger charge is 2.31. The largest absolute Gasteiger partial charge is 0.508 e. The number of nitrogens with one attached hydrogen (secondary N) is 5. The first-order chi connectivity index (χ1) is 23.0. The van der Waals surface area contributed by atoms with Gasteiger partial charge in [0.15, 0.2) is 5.96 Å². The number of hydrogen-bond acceptors (Lipinski definition) is 8. The van der Waals surface area contributed by atoms with Crippen molar-refractivity contribution in [3.05, 3.63) is 84.1 Å². The number of imidazole rings is 1. The van der Waals surface area contributed by atoms with Gasteiger partial charge in [-0.15, -0.1) is 0 Å². The number of nitrogens with zero attached hydrogens (tertiary/aromatic N) is 2.